The summed E-state index contributed by atoms with van der Waals surface area (Å²) in [5.41, 5.74) is 7.84. The van der Waals surface area contributed by atoms with Crippen molar-refractivity contribution in [3.63, 3.8) is 0 Å². The van der Waals surface area contributed by atoms with E-state index in [1.807, 2.05) is 41.8 Å². The van der Waals surface area contributed by atoms with Crippen molar-refractivity contribution in [1.82, 2.24) is 19.6 Å². The Morgan fingerprint density at radius 1 is 1.25 bits per heavy atom. The van der Waals surface area contributed by atoms with Gasteiger partial charge < -0.3 is 5.73 Å². The maximum absolute atomic E-state index is 7.62. The van der Waals surface area contributed by atoms with Crippen molar-refractivity contribution in [3.05, 3.63) is 47.8 Å². The predicted octanol–water partition coefficient (Wildman–Crippen LogP) is 1.87. The summed E-state index contributed by atoms with van der Waals surface area (Å²) in [6, 6.07) is 9.34. The molecule has 0 aliphatic heterocycles. The number of aryl methyl sites for hydroxylation is 1. The molecule has 0 saturated heterocycles. The maximum Gasteiger partial charge on any atom is 0.201 e. The summed E-state index contributed by atoms with van der Waals surface area (Å²) in [6.07, 6.45) is 1.89. The number of nitrogens with one attached hydrogen (secondary N) is 1. The molecule has 0 aliphatic carbocycles. The van der Waals surface area contributed by atoms with E-state index in [1.165, 1.54) is 11.8 Å². The molecule has 0 unspecified atom stereocenters. The summed E-state index contributed by atoms with van der Waals surface area (Å²) in [5, 5.41) is 17.2. The Bertz CT molecular complexity index is 794. The molecule has 0 amide bonds. The molecule has 7 heteroatoms. The van der Waals surface area contributed by atoms with Crippen LogP contribution in [0, 0.1) is 12.3 Å². The second kappa shape index (κ2) is 4.93. The van der Waals surface area contributed by atoms with E-state index in [-0.39, 0.29) is 5.84 Å². The van der Waals surface area contributed by atoms with Crippen molar-refractivity contribution in [2.24, 2.45) is 5.73 Å². The molecule has 100 valence electrons. The first-order valence-electron chi connectivity index (χ1n) is 5.95. The molecule has 0 saturated carbocycles. The highest BCUT2D eigenvalue weighted by Crippen LogP contribution is 2.27. The summed E-state index contributed by atoms with van der Waals surface area (Å²) in [7, 11) is 0. The first-order valence-corrected chi connectivity index (χ1v) is 6.76. The average molecular weight is 284 g/mol. The molecule has 3 N–H and O–H groups in total. The van der Waals surface area contributed by atoms with Crippen molar-refractivity contribution < 1.29 is 0 Å². The first kappa shape index (κ1) is 12.6. The lowest BCUT2D eigenvalue weighted by Gasteiger charge is -2.06. The minimum absolute atomic E-state index is 0.00572. The zero-order valence-corrected chi connectivity index (χ0v) is 11.6. The Kier molecular flexibility index (Phi) is 3.11. The lowest BCUT2D eigenvalue weighted by atomic mass is 10.2. The third-order valence-electron chi connectivity index (χ3n) is 2.76. The molecule has 0 atom stereocenters. The van der Waals surface area contributed by atoms with Crippen LogP contribution in [0.5, 0.6) is 0 Å². The number of nitrogens with zero attached hydrogens (tertiary/aromatic N) is 4. The zero-order chi connectivity index (χ0) is 14.1. The fourth-order valence-corrected chi connectivity index (χ4v) is 2.78. The number of pyridine rings is 2. The van der Waals surface area contributed by atoms with Crippen LogP contribution in [0.2, 0.25) is 0 Å². The fraction of sp³-hybridized carbons (Fsp3) is 0.0769. The van der Waals surface area contributed by atoms with Crippen LogP contribution >= 0.6 is 11.8 Å². The van der Waals surface area contributed by atoms with Gasteiger partial charge in [0, 0.05) is 17.5 Å². The zero-order valence-electron chi connectivity index (χ0n) is 10.7. The molecule has 0 spiro atoms. The molecule has 0 fully saturated rings. The Balaban J connectivity index is 2.07. The van der Waals surface area contributed by atoms with Gasteiger partial charge in [-0.3, -0.25) is 9.81 Å². The van der Waals surface area contributed by atoms with E-state index in [0.717, 1.165) is 11.3 Å². The number of aromatic nitrogens is 4. The largest absolute Gasteiger partial charge is 0.384 e. The second-order valence-corrected chi connectivity index (χ2v) is 5.19. The van der Waals surface area contributed by atoms with Crippen LogP contribution in [0.25, 0.3) is 5.65 Å². The number of hydrogen-bond acceptors (Lipinski definition) is 5. The highest BCUT2D eigenvalue weighted by atomic mass is 32.2. The average Bonchev–Trinajstić information content (AvgIpc) is 2.82. The lowest BCUT2D eigenvalue weighted by molar-refractivity contribution is 0.914. The van der Waals surface area contributed by atoms with E-state index in [1.54, 1.807) is 6.07 Å². The molecule has 3 aromatic heterocycles. The molecule has 3 rings (SSSR count). The van der Waals surface area contributed by atoms with Crippen LogP contribution in [-0.4, -0.2) is 25.4 Å². The Morgan fingerprint density at radius 2 is 2.10 bits per heavy atom. The van der Waals surface area contributed by atoms with Gasteiger partial charge in [-0.05, 0) is 43.0 Å². The summed E-state index contributed by atoms with van der Waals surface area (Å²) in [5.74, 6) is -0.00572. The summed E-state index contributed by atoms with van der Waals surface area (Å²) >= 11 is 1.35. The van der Waals surface area contributed by atoms with Crippen molar-refractivity contribution in [2.75, 3.05) is 0 Å². The Hall–Kier alpha value is -2.41. The van der Waals surface area contributed by atoms with Gasteiger partial charge >= 0.3 is 0 Å². The predicted molar refractivity (Wildman–Crippen MR) is 77.1 cm³/mol. The molecule has 0 aliphatic rings. The SMILES string of the molecule is Cc1ccc(C(=N)N)c(Sc2nnc3ccccn23)n1. The van der Waals surface area contributed by atoms with E-state index < -0.39 is 0 Å². The van der Waals surface area contributed by atoms with Gasteiger partial charge in [0.25, 0.3) is 0 Å². The van der Waals surface area contributed by atoms with Crippen molar-refractivity contribution in [2.45, 2.75) is 17.1 Å². The lowest BCUT2D eigenvalue weighted by Crippen LogP contribution is -2.13. The van der Waals surface area contributed by atoms with E-state index in [0.29, 0.717) is 15.7 Å². The summed E-state index contributed by atoms with van der Waals surface area (Å²) < 4.78 is 1.87. The second-order valence-electron chi connectivity index (χ2n) is 4.23. The van der Waals surface area contributed by atoms with Crippen molar-refractivity contribution in [1.29, 1.82) is 5.41 Å². The quantitative estimate of drug-likeness (QED) is 0.565. The molecular formula is C13H12N6S. The maximum atomic E-state index is 7.62. The van der Waals surface area contributed by atoms with E-state index >= 15 is 0 Å². The Labute approximate surface area is 119 Å². The van der Waals surface area contributed by atoms with Crippen LogP contribution in [-0.2, 0) is 0 Å². The van der Waals surface area contributed by atoms with Gasteiger partial charge in [-0.1, -0.05) is 6.07 Å². The third-order valence-corrected chi connectivity index (χ3v) is 3.73. The number of amidine groups is 1. The minimum Gasteiger partial charge on any atom is -0.384 e. The summed E-state index contributed by atoms with van der Waals surface area (Å²) in [4.78, 5) is 4.44. The van der Waals surface area contributed by atoms with Crippen LogP contribution in [0.3, 0.4) is 0 Å². The highest BCUT2D eigenvalue weighted by molar-refractivity contribution is 7.99. The standard InChI is InChI=1S/C13H12N6S/c1-8-5-6-9(11(14)15)12(16-8)20-13-18-17-10-4-2-3-7-19(10)13/h2-7H,1H3,(H3,14,15). The normalized spacial score (nSPS) is 10.8. The number of nitrogen functional groups attached to an aromatic ring is 1. The van der Waals surface area contributed by atoms with Crippen LogP contribution in [0.15, 0.2) is 46.7 Å². The van der Waals surface area contributed by atoms with Gasteiger partial charge in [-0.2, -0.15) is 0 Å². The monoisotopic (exact) mass is 284 g/mol. The van der Waals surface area contributed by atoms with Crippen LogP contribution in [0.4, 0.5) is 0 Å². The number of nitrogens with two attached hydrogens (primary N) is 1. The van der Waals surface area contributed by atoms with Crippen LogP contribution in [0.1, 0.15) is 11.3 Å². The molecular weight excluding hydrogens is 272 g/mol. The van der Waals surface area contributed by atoms with E-state index in [4.69, 9.17) is 11.1 Å². The number of hydrogen-bond donors (Lipinski definition) is 2. The van der Waals surface area contributed by atoms with Gasteiger partial charge in [0.2, 0.25) is 5.16 Å². The van der Waals surface area contributed by atoms with E-state index in [9.17, 15) is 0 Å². The van der Waals surface area contributed by atoms with Gasteiger partial charge in [0.05, 0.1) is 0 Å². The summed E-state index contributed by atoms with van der Waals surface area (Å²) in [6.45, 7) is 1.90. The molecule has 3 aromatic rings. The smallest absolute Gasteiger partial charge is 0.201 e. The molecule has 3 heterocycles. The molecule has 0 aromatic carbocycles. The minimum atomic E-state index is -0.00572. The Morgan fingerprint density at radius 3 is 2.90 bits per heavy atom. The van der Waals surface area contributed by atoms with Crippen molar-refractivity contribution in [3.8, 4) is 0 Å². The van der Waals surface area contributed by atoms with Gasteiger partial charge in [0.1, 0.15) is 10.9 Å². The van der Waals surface area contributed by atoms with Gasteiger partial charge in [-0.15, -0.1) is 10.2 Å². The highest BCUT2D eigenvalue weighted by Gasteiger charge is 2.13. The topological polar surface area (TPSA) is 93.0 Å². The number of fused-ring (bicyclic) bond motifs is 1. The van der Waals surface area contributed by atoms with Crippen molar-refractivity contribution >= 4 is 23.2 Å². The van der Waals surface area contributed by atoms with Gasteiger partial charge in [-0.25, -0.2) is 4.98 Å². The molecule has 0 radical (unpaired) electrons. The first-order chi connectivity index (χ1) is 9.65. The fourth-order valence-electron chi connectivity index (χ4n) is 1.79. The number of rotatable bonds is 3. The van der Waals surface area contributed by atoms with E-state index in [2.05, 4.69) is 15.2 Å². The molecule has 6 nitrogen and oxygen atoms in total. The van der Waals surface area contributed by atoms with Gasteiger partial charge in [0.15, 0.2) is 5.65 Å². The van der Waals surface area contributed by atoms with Crippen LogP contribution < -0.4 is 5.73 Å². The third kappa shape index (κ3) is 2.23. The molecule has 20 heavy (non-hydrogen) atoms. The molecule has 0 bridgehead atoms.